The van der Waals surface area contributed by atoms with E-state index in [4.69, 9.17) is 17.3 Å². The van der Waals surface area contributed by atoms with Gasteiger partial charge in [-0.2, -0.15) is 0 Å². The smallest absolute Gasteiger partial charge is 0.237 e. The summed E-state index contributed by atoms with van der Waals surface area (Å²) >= 11 is 6.23. The molecular formula is C26H24ClN5O2. The Hall–Kier alpha value is -3.81. The fraction of sp³-hybridized carbons (Fsp3) is 0.154. The van der Waals surface area contributed by atoms with E-state index in [-0.39, 0.29) is 18.2 Å². The van der Waals surface area contributed by atoms with Gasteiger partial charge in [-0.1, -0.05) is 72.3 Å². The van der Waals surface area contributed by atoms with Crippen molar-refractivity contribution in [2.45, 2.75) is 25.9 Å². The van der Waals surface area contributed by atoms with Crippen molar-refractivity contribution >= 4 is 23.3 Å². The number of halogens is 1. The van der Waals surface area contributed by atoms with E-state index in [0.29, 0.717) is 39.9 Å². The number of hydrogen-bond acceptors (Lipinski definition) is 5. The second-order valence-electron chi connectivity index (χ2n) is 7.87. The van der Waals surface area contributed by atoms with E-state index in [0.717, 1.165) is 5.56 Å². The number of carbonyl (C=O) groups is 2. The zero-order valence-electron chi connectivity index (χ0n) is 18.6. The van der Waals surface area contributed by atoms with Crippen LogP contribution in [0, 0.1) is 6.92 Å². The zero-order chi connectivity index (χ0) is 24.1. The Morgan fingerprint density at radius 2 is 1.68 bits per heavy atom. The highest BCUT2D eigenvalue weighted by atomic mass is 35.5. The summed E-state index contributed by atoms with van der Waals surface area (Å²) in [7, 11) is 0. The molecule has 0 aliphatic heterocycles. The molecular weight excluding hydrogens is 450 g/mol. The molecule has 0 aliphatic carbocycles. The van der Waals surface area contributed by atoms with E-state index < -0.39 is 6.04 Å². The minimum Gasteiger partial charge on any atom is -0.347 e. The standard InChI is InChI=1S/C26H24ClN5O2/c1-17-30-31-24(16-29-26(34)22(28)14-18-8-4-2-5-9-18)32(17)23-13-12-20(27)15-21(23)25(33)19-10-6-3-7-11-19/h2-13,15,22H,14,16,28H2,1H3,(H,29,34)/t22-/m0/s1. The highest BCUT2D eigenvalue weighted by molar-refractivity contribution is 6.31. The third-order valence-corrected chi connectivity index (χ3v) is 5.66. The van der Waals surface area contributed by atoms with E-state index in [1.807, 2.05) is 36.4 Å². The molecule has 8 heteroatoms. The maximum absolute atomic E-state index is 13.3. The van der Waals surface area contributed by atoms with Gasteiger partial charge in [0, 0.05) is 16.1 Å². The van der Waals surface area contributed by atoms with Crippen LogP contribution >= 0.6 is 11.6 Å². The van der Waals surface area contributed by atoms with Gasteiger partial charge in [0.25, 0.3) is 0 Å². The first kappa shape index (κ1) is 23.4. The molecule has 0 bridgehead atoms. The maximum atomic E-state index is 13.3. The van der Waals surface area contributed by atoms with Crippen LogP contribution in [0.3, 0.4) is 0 Å². The molecule has 3 aromatic carbocycles. The van der Waals surface area contributed by atoms with Gasteiger partial charge < -0.3 is 11.1 Å². The van der Waals surface area contributed by atoms with E-state index >= 15 is 0 Å². The Kier molecular flexibility index (Phi) is 7.15. The van der Waals surface area contributed by atoms with Crippen LogP contribution in [-0.4, -0.2) is 32.5 Å². The average Bonchev–Trinajstić information content (AvgIpc) is 3.23. The Labute approximate surface area is 202 Å². The number of aryl methyl sites for hydroxylation is 1. The van der Waals surface area contributed by atoms with E-state index in [1.54, 1.807) is 54.0 Å². The van der Waals surface area contributed by atoms with Gasteiger partial charge in [-0.15, -0.1) is 10.2 Å². The highest BCUT2D eigenvalue weighted by Crippen LogP contribution is 2.25. The first-order valence-electron chi connectivity index (χ1n) is 10.8. The summed E-state index contributed by atoms with van der Waals surface area (Å²) in [6, 6.07) is 22.9. The number of ketones is 1. The molecule has 0 fully saturated rings. The summed E-state index contributed by atoms with van der Waals surface area (Å²) in [5, 5.41) is 11.7. The van der Waals surface area contributed by atoms with Crippen molar-refractivity contribution in [1.29, 1.82) is 0 Å². The first-order valence-corrected chi connectivity index (χ1v) is 11.2. The summed E-state index contributed by atoms with van der Waals surface area (Å²) in [4.78, 5) is 25.9. The van der Waals surface area contributed by atoms with Crippen LogP contribution in [-0.2, 0) is 17.8 Å². The van der Waals surface area contributed by atoms with E-state index in [2.05, 4.69) is 15.5 Å². The summed E-state index contributed by atoms with van der Waals surface area (Å²) in [5.74, 6) is 0.572. The van der Waals surface area contributed by atoms with Crippen molar-refractivity contribution < 1.29 is 9.59 Å². The van der Waals surface area contributed by atoms with Crippen LogP contribution in [0.25, 0.3) is 5.69 Å². The molecule has 172 valence electrons. The lowest BCUT2D eigenvalue weighted by molar-refractivity contribution is -0.122. The monoisotopic (exact) mass is 473 g/mol. The SMILES string of the molecule is Cc1nnc(CNC(=O)[C@@H](N)Cc2ccccc2)n1-c1ccc(Cl)cc1C(=O)c1ccccc1. The number of aromatic nitrogens is 3. The second kappa shape index (κ2) is 10.4. The van der Waals surface area contributed by atoms with Gasteiger partial charge in [-0.05, 0) is 37.1 Å². The van der Waals surface area contributed by atoms with Crippen LogP contribution in [0.5, 0.6) is 0 Å². The Morgan fingerprint density at radius 1 is 1.00 bits per heavy atom. The van der Waals surface area contributed by atoms with Crippen LogP contribution in [0.2, 0.25) is 5.02 Å². The number of nitrogens with two attached hydrogens (primary N) is 1. The number of hydrogen-bond donors (Lipinski definition) is 2. The summed E-state index contributed by atoms with van der Waals surface area (Å²) in [6.45, 7) is 1.88. The third kappa shape index (κ3) is 5.22. The summed E-state index contributed by atoms with van der Waals surface area (Å²) in [5.41, 5.74) is 8.61. The molecule has 0 unspecified atom stereocenters. The highest BCUT2D eigenvalue weighted by Gasteiger charge is 2.21. The van der Waals surface area contributed by atoms with Crippen molar-refractivity contribution in [2.75, 3.05) is 0 Å². The molecule has 0 aliphatic rings. The average molecular weight is 474 g/mol. The first-order chi connectivity index (χ1) is 16.4. The van der Waals surface area contributed by atoms with Crippen molar-refractivity contribution in [3.63, 3.8) is 0 Å². The minimum absolute atomic E-state index is 0.101. The van der Waals surface area contributed by atoms with E-state index in [1.165, 1.54) is 0 Å². The number of amides is 1. The Balaban J connectivity index is 1.58. The lowest BCUT2D eigenvalue weighted by Crippen LogP contribution is -2.42. The maximum Gasteiger partial charge on any atom is 0.237 e. The molecule has 1 aromatic heterocycles. The second-order valence-corrected chi connectivity index (χ2v) is 8.31. The summed E-state index contributed by atoms with van der Waals surface area (Å²) < 4.78 is 1.75. The Morgan fingerprint density at radius 3 is 2.38 bits per heavy atom. The predicted octanol–water partition coefficient (Wildman–Crippen LogP) is 3.65. The molecule has 3 N–H and O–H groups in total. The fourth-order valence-corrected chi connectivity index (χ4v) is 3.89. The molecule has 0 spiro atoms. The number of benzene rings is 3. The molecule has 7 nitrogen and oxygen atoms in total. The summed E-state index contributed by atoms with van der Waals surface area (Å²) in [6.07, 6.45) is 0.422. The van der Waals surface area contributed by atoms with Crippen LogP contribution < -0.4 is 11.1 Å². The lowest BCUT2D eigenvalue weighted by Gasteiger charge is -2.15. The number of carbonyl (C=O) groups excluding carboxylic acids is 2. The topological polar surface area (TPSA) is 103 Å². The van der Waals surface area contributed by atoms with Crippen LogP contribution in [0.15, 0.2) is 78.9 Å². The zero-order valence-corrected chi connectivity index (χ0v) is 19.4. The third-order valence-electron chi connectivity index (χ3n) is 5.43. The molecule has 1 atom stereocenters. The molecule has 1 amide bonds. The van der Waals surface area contributed by atoms with Gasteiger partial charge in [0.1, 0.15) is 5.82 Å². The van der Waals surface area contributed by atoms with Crippen LogP contribution in [0.4, 0.5) is 0 Å². The van der Waals surface area contributed by atoms with Crippen molar-refractivity contribution in [1.82, 2.24) is 20.1 Å². The Bertz CT molecular complexity index is 1310. The molecule has 0 saturated carbocycles. The van der Waals surface area contributed by atoms with Gasteiger partial charge in [-0.3, -0.25) is 14.2 Å². The van der Waals surface area contributed by atoms with Crippen molar-refractivity contribution in [2.24, 2.45) is 5.73 Å². The number of nitrogens with zero attached hydrogens (tertiary/aromatic N) is 3. The largest absolute Gasteiger partial charge is 0.347 e. The number of nitrogens with one attached hydrogen (secondary N) is 1. The molecule has 4 aromatic rings. The lowest BCUT2D eigenvalue weighted by atomic mass is 10.0. The number of rotatable bonds is 8. The fourth-order valence-electron chi connectivity index (χ4n) is 3.72. The van der Waals surface area contributed by atoms with Gasteiger partial charge in [-0.25, -0.2) is 0 Å². The molecule has 0 saturated heterocycles. The van der Waals surface area contributed by atoms with E-state index in [9.17, 15) is 9.59 Å². The normalized spacial score (nSPS) is 11.7. The van der Waals surface area contributed by atoms with Gasteiger partial charge in [0.15, 0.2) is 11.6 Å². The van der Waals surface area contributed by atoms with Gasteiger partial charge >= 0.3 is 0 Å². The van der Waals surface area contributed by atoms with Gasteiger partial charge in [0.05, 0.1) is 18.3 Å². The molecule has 4 rings (SSSR count). The molecule has 0 radical (unpaired) electrons. The van der Waals surface area contributed by atoms with Crippen molar-refractivity contribution in [3.8, 4) is 5.69 Å². The van der Waals surface area contributed by atoms with Crippen LogP contribution in [0.1, 0.15) is 33.1 Å². The van der Waals surface area contributed by atoms with Crippen molar-refractivity contribution in [3.05, 3.63) is 112 Å². The molecule has 1 heterocycles. The predicted molar refractivity (Wildman–Crippen MR) is 131 cm³/mol. The quantitative estimate of drug-likeness (QED) is 0.380. The van der Waals surface area contributed by atoms with Gasteiger partial charge in [0.2, 0.25) is 5.91 Å². The molecule has 34 heavy (non-hydrogen) atoms. The minimum atomic E-state index is -0.703.